The molecular formula is C47H31NO2. The molecule has 50 heavy (non-hydrogen) atoms. The standard InChI is InChI=1S/C47H31NO2/c1-3-11-32(12-4-1)43-26-24-40-44(49-43)27-28-46-47(40)42-30-36(23-25-45(42)50-46)48(34-14-5-2-6-15-34)35-21-19-31(20-22-35)41-29-33-13-7-8-16-37(33)38-17-9-10-18-39(38)41/h1-23,25-30H,24H2. The van der Waals surface area contributed by atoms with E-state index in [1.807, 2.05) is 30.3 Å². The topological polar surface area (TPSA) is 25.6 Å². The van der Waals surface area contributed by atoms with Crippen molar-refractivity contribution in [2.75, 3.05) is 4.90 Å². The number of nitrogens with zero attached hydrogens (tertiary/aromatic N) is 1. The summed E-state index contributed by atoms with van der Waals surface area (Å²) < 4.78 is 12.9. The monoisotopic (exact) mass is 641 g/mol. The van der Waals surface area contributed by atoms with Gasteiger partial charge in [0, 0.05) is 39.0 Å². The average molecular weight is 642 g/mol. The zero-order valence-electron chi connectivity index (χ0n) is 27.2. The molecule has 0 aliphatic carbocycles. The van der Waals surface area contributed by atoms with Crippen molar-refractivity contribution in [3.63, 3.8) is 0 Å². The van der Waals surface area contributed by atoms with Gasteiger partial charge in [-0.1, -0.05) is 109 Å². The van der Waals surface area contributed by atoms with E-state index in [1.54, 1.807) is 0 Å². The second-order valence-corrected chi connectivity index (χ2v) is 12.8. The van der Waals surface area contributed by atoms with Gasteiger partial charge in [-0.05, 0) is 106 Å². The number of allylic oxidation sites excluding steroid dienone is 1. The van der Waals surface area contributed by atoms with Gasteiger partial charge in [-0.15, -0.1) is 0 Å². The van der Waals surface area contributed by atoms with Crippen LogP contribution in [0.1, 0.15) is 11.1 Å². The normalized spacial score (nSPS) is 12.6. The van der Waals surface area contributed by atoms with Crippen LogP contribution in [0.4, 0.5) is 17.1 Å². The highest BCUT2D eigenvalue weighted by Gasteiger charge is 2.22. The summed E-state index contributed by atoms with van der Waals surface area (Å²) in [6.45, 7) is 0. The third kappa shape index (κ3) is 4.67. The maximum atomic E-state index is 6.47. The first-order valence-corrected chi connectivity index (χ1v) is 17.1. The third-order valence-electron chi connectivity index (χ3n) is 9.93. The van der Waals surface area contributed by atoms with Gasteiger partial charge in [0.05, 0.1) is 0 Å². The minimum absolute atomic E-state index is 0.767. The van der Waals surface area contributed by atoms with Gasteiger partial charge in [0.15, 0.2) is 0 Å². The lowest BCUT2D eigenvalue weighted by atomic mass is 9.93. The van der Waals surface area contributed by atoms with Crippen molar-refractivity contribution in [1.82, 2.24) is 0 Å². The first-order chi connectivity index (χ1) is 24.8. The Labute approximate surface area is 289 Å². The molecule has 0 radical (unpaired) electrons. The Bertz CT molecular complexity index is 2740. The number of ether oxygens (including phenoxy) is 1. The fraction of sp³-hybridized carbons (Fsp3) is 0.0213. The molecule has 8 aromatic carbocycles. The fourth-order valence-electron chi connectivity index (χ4n) is 7.59. The van der Waals surface area contributed by atoms with Gasteiger partial charge in [0.25, 0.3) is 0 Å². The summed E-state index contributed by atoms with van der Waals surface area (Å²) >= 11 is 0. The van der Waals surface area contributed by atoms with Crippen LogP contribution in [-0.2, 0) is 6.42 Å². The average Bonchev–Trinajstić information content (AvgIpc) is 3.57. The second-order valence-electron chi connectivity index (χ2n) is 12.8. The maximum Gasteiger partial charge on any atom is 0.135 e. The molecule has 9 aromatic rings. The molecule has 0 atom stereocenters. The van der Waals surface area contributed by atoms with Crippen LogP contribution in [-0.4, -0.2) is 0 Å². The summed E-state index contributed by atoms with van der Waals surface area (Å²) in [6.07, 6.45) is 2.94. The van der Waals surface area contributed by atoms with Crippen LogP contribution >= 0.6 is 0 Å². The second kappa shape index (κ2) is 11.5. The maximum absolute atomic E-state index is 6.47. The summed E-state index contributed by atoms with van der Waals surface area (Å²) in [6, 6.07) is 60.1. The van der Waals surface area contributed by atoms with Crippen LogP contribution in [0.2, 0.25) is 0 Å². The van der Waals surface area contributed by atoms with Crippen molar-refractivity contribution in [2.24, 2.45) is 0 Å². The first-order valence-electron chi connectivity index (χ1n) is 17.1. The van der Waals surface area contributed by atoms with Crippen molar-refractivity contribution in [2.45, 2.75) is 6.42 Å². The number of anilines is 3. The predicted molar refractivity (Wildman–Crippen MR) is 208 cm³/mol. The highest BCUT2D eigenvalue weighted by molar-refractivity contribution is 6.14. The van der Waals surface area contributed by atoms with Gasteiger partial charge < -0.3 is 14.1 Å². The van der Waals surface area contributed by atoms with Gasteiger partial charge in [0.1, 0.15) is 22.7 Å². The number of hydrogen-bond acceptors (Lipinski definition) is 3. The van der Waals surface area contributed by atoms with Crippen molar-refractivity contribution >= 4 is 66.3 Å². The van der Waals surface area contributed by atoms with Crippen molar-refractivity contribution in [3.8, 4) is 16.9 Å². The SMILES string of the molecule is C1=C(c2ccccc2)Oc2ccc3oc4ccc(N(c5ccccc5)c5ccc(-c6cc7ccccc7c7ccccc67)cc5)cc4c3c2C1. The molecule has 0 unspecified atom stereocenters. The summed E-state index contributed by atoms with van der Waals surface area (Å²) in [4.78, 5) is 2.32. The fourth-order valence-corrected chi connectivity index (χ4v) is 7.59. The zero-order valence-corrected chi connectivity index (χ0v) is 27.2. The Hall–Kier alpha value is -6.58. The molecule has 0 saturated carbocycles. The van der Waals surface area contributed by atoms with Gasteiger partial charge in [-0.3, -0.25) is 0 Å². The van der Waals surface area contributed by atoms with Gasteiger partial charge in [-0.25, -0.2) is 0 Å². The molecular weight excluding hydrogens is 611 g/mol. The first kappa shape index (κ1) is 28.4. The van der Waals surface area contributed by atoms with E-state index in [1.165, 1.54) is 32.7 Å². The Morgan fingerprint density at radius 2 is 1.12 bits per heavy atom. The van der Waals surface area contributed by atoms with Crippen LogP contribution < -0.4 is 9.64 Å². The van der Waals surface area contributed by atoms with E-state index in [9.17, 15) is 0 Å². The number of fused-ring (bicyclic) bond motifs is 8. The van der Waals surface area contributed by atoms with Gasteiger partial charge >= 0.3 is 0 Å². The van der Waals surface area contributed by atoms with Crippen molar-refractivity contribution < 1.29 is 9.15 Å². The van der Waals surface area contributed by atoms with E-state index >= 15 is 0 Å². The quantitative estimate of drug-likeness (QED) is 0.175. The molecule has 3 heteroatoms. The van der Waals surface area contributed by atoms with Crippen molar-refractivity contribution in [1.29, 1.82) is 0 Å². The van der Waals surface area contributed by atoms with Crippen LogP contribution in [0.3, 0.4) is 0 Å². The van der Waals surface area contributed by atoms with E-state index in [0.29, 0.717) is 0 Å². The van der Waals surface area contributed by atoms with E-state index in [4.69, 9.17) is 9.15 Å². The Balaban J connectivity index is 1.08. The highest BCUT2D eigenvalue weighted by Crippen LogP contribution is 2.44. The molecule has 236 valence electrons. The molecule has 0 amide bonds. The molecule has 1 aliphatic rings. The van der Waals surface area contributed by atoms with Crippen LogP contribution in [0.15, 0.2) is 180 Å². The van der Waals surface area contributed by atoms with E-state index in [-0.39, 0.29) is 0 Å². The molecule has 1 aromatic heterocycles. The van der Waals surface area contributed by atoms with Crippen LogP contribution in [0.5, 0.6) is 5.75 Å². The minimum Gasteiger partial charge on any atom is -0.457 e. The molecule has 2 heterocycles. The molecule has 3 nitrogen and oxygen atoms in total. The number of furan rings is 1. The summed E-state index contributed by atoms with van der Waals surface area (Å²) in [5.74, 6) is 1.77. The summed E-state index contributed by atoms with van der Waals surface area (Å²) in [7, 11) is 0. The van der Waals surface area contributed by atoms with Crippen molar-refractivity contribution in [3.05, 3.63) is 187 Å². The lowest BCUT2D eigenvalue weighted by molar-refractivity contribution is 0.499. The number of hydrogen-bond donors (Lipinski definition) is 0. The molecule has 0 N–H and O–H groups in total. The molecule has 1 aliphatic heterocycles. The van der Waals surface area contributed by atoms with E-state index < -0.39 is 0 Å². The Morgan fingerprint density at radius 1 is 0.460 bits per heavy atom. The molecule has 0 bridgehead atoms. The number of benzene rings is 8. The molecule has 0 saturated heterocycles. The lowest BCUT2D eigenvalue weighted by Gasteiger charge is -2.26. The molecule has 10 rings (SSSR count). The van der Waals surface area contributed by atoms with E-state index in [0.717, 1.165) is 68.1 Å². The zero-order chi connectivity index (χ0) is 33.0. The van der Waals surface area contributed by atoms with Gasteiger partial charge in [0.2, 0.25) is 0 Å². The predicted octanol–water partition coefficient (Wildman–Crippen LogP) is 13.0. The summed E-state index contributed by atoms with van der Waals surface area (Å²) in [5.41, 5.74) is 9.62. The molecule has 0 spiro atoms. The summed E-state index contributed by atoms with van der Waals surface area (Å²) in [5, 5.41) is 7.24. The Kier molecular flexibility index (Phi) is 6.56. The lowest BCUT2D eigenvalue weighted by Crippen LogP contribution is -2.09. The van der Waals surface area contributed by atoms with Crippen LogP contribution in [0.25, 0.3) is 60.4 Å². The number of rotatable bonds is 5. The Morgan fingerprint density at radius 3 is 1.94 bits per heavy atom. The molecule has 0 fully saturated rings. The van der Waals surface area contributed by atoms with Crippen LogP contribution in [0, 0.1) is 0 Å². The number of para-hydroxylation sites is 1. The largest absolute Gasteiger partial charge is 0.457 e. The smallest absolute Gasteiger partial charge is 0.135 e. The minimum atomic E-state index is 0.767. The highest BCUT2D eigenvalue weighted by atomic mass is 16.5. The van der Waals surface area contributed by atoms with Gasteiger partial charge in [-0.2, -0.15) is 0 Å². The van der Waals surface area contributed by atoms with E-state index in [2.05, 4.69) is 151 Å². The third-order valence-corrected chi connectivity index (χ3v) is 9.93.